The van der Waals surface area contributed by atoms with E-state index in [1.54, 1.807) is 0 Å². The van der Waals surface area contributed by atoms with Crippen LogP contribution in [0.15, 0.2) is 0 Å². The molecule has 0 aromatic carbocycles. The van der Waals surface area contributed by atoms with Crippen molar-refractivity contribution in [2.24, 2.45) is 5.92 Å². The van der Waals surface area contributed by atoms with Crippen molar-refractivity contribution in [2.45, 2.75) is 25.6 Å². The Kier molecular flexibility index (Phi) is 10.5. The van der Waals surface area contributed by atoms with Gasteiger partial charge in [0.2, 0.25) is 16.3 Å². The molecule has 0 aliphatic carbocycles. The molecule has 2 heteroatoms. The Balaban J connectivity index is 0. The Labute approximate surface area is 60.5 Å². The molecule has 0 fully saturated rings. The normalized spacial score (nSPS) is 8.43. The standard InChI is InChI=1S/C5H11.Al.ClH.2H/c1-4-5(2)3;;;;/h5H,1,4H2,2-3H3;;1H;;. The lowest BCUT2D eigenvalue weighted by atomic mass is 10.2. The average Bonchev–Trinajstić information content (AvgIpc) is 1.35. The highest BCUT2D eigenvalue weighted by Gasteiger charge is 1.85. The summed E-state index contributed by atoms with van der Waals surface area (Å²) in [6, 6.07) is 0. The molecule has 0 nitrogen and oxygen atoms in total. The highest BCUT2D eigenvalue weighted by Crippen LogP contribution is 1.99. The SMILES string of the molecule is CC(C)C[CH2][AlH2].Cl. The molecule has 0 rings (SSSR count). The van der Waals surface area contributed by atoms with Gasteiger partial charge in [0.25, 0.3) is 0 Å². The number of hydrogen-bond acceptors (Lipinski definition) is 0. The fourth-order valence-electron chi connectivity index (χ4n) is 0.577. The van der Waals surface area contributed by atoms with E-state index in [4.69, 9.17) is 0 Å². The van der Waals surface area contributed by atoms with Crippen LogP contribution in [0.25, 0.3) is 0 Å². The maximum atomic E-state index is 2.28. The predicted octanol–water partition coefficient (Wildman–Crippen LogP) is 1.51. The molecule has 0 saturated carbocycles. The van der Waals surface area contributed by atoms with E-state index in [1.165, 1.54) is 28.0 Å². The van der Waals surface area contributed by atoms with Crippen molar-refractivity contribution in [1.82, 2.24) is 0 Å². The van der Waals surface area contributed by atoms with E-state index in [2.05, 4.69) is 13.8 Å². The first-order chi connectivity index (χ1) is 2.77. The van der Waals surface area contributed by atoms with E-state index in [1.807, 2.05) is 0 Å². The molecule has 0 unspecified atom stereocenters. The van der Waals surface area contributed by atoms with Gasteiger partial charge in [-0.2, -0.15) is 0 Å². The molecule has 0 spiro atoms. The lowest BCUT2D eigenvalue weighted by Crippen LogP contribution is -1.83. The lowest BCUT2D eigenvalue weighted by Gasteiger charge is -1.95. The number of rotatable bonds is 2. The second kappa shape index (κ2) is 6.82. The summed E-state index contributed by atoms with van der Waals surface area (Å²) in [7, 11) is 0. The third kappa shape index (κ3) is 10.9. The molecule has 0 N–H and O–H groups in total. The van der Waals surface area contributed by atoms with Crippen molar-refractivity contribution in [3.8, 4) is 0 Å². The summed E-state index contributed by atoms with van der Waals surface area (Å²) in [5.41, 5.74) is 0. The van der Waals surface area contributed by atoms with Crippen molar-refractivity contribution < 1.29 is 0 Å². The van der Waals surface area contributed by atoms with Gasteiger partial charge in [-0.15, -0.1) is 17.7 Å². The topological polar surface area (TPSA) is 0 Å². The van der Waals surface area contributed by atoms with E-state index in [0.29, 0.717) is 0 Å². The largest absolute Gasteiger partial charge is 0.211 e. The van der Waals surface area contributed by atoms with Gasteiger partial charge in [0.05, 0.1) is 0 Å². The molecular formula is C5H14AlCl. The molecule has 44 valence electrons. The third-order valence-corrected chi connectivity index (χ3v) is 1.44. The minimum absolute atomic E-state index is 0. The molecule has 0 radical (unpaired) electrons. The zero-order chi connectivity index (χ0) is 4.99. The number of hydrogen-bond donors (Lipinski definition) is 0. The second-order valence-electron chi connectivity index (χ2n) is 2.18. The van der Waals surface area contributed by atoms with Gasteiger partial charge < -0.3 is 0 Å². The monoisotopic (exact) mass is 136 g/mol. The van der Waals surface area contributed by atoms with Gasteiger partial charge >= 0.3 is 0 Å². The minimum atomic E-state index is 0. The number of halogens is 1. The first-order valence-corrected chi connectivity index (χ1v) is 4.18. The van der Waals surface area contributed by atoms with Crippen LogP contribution in [0, 0.1) is 5.92 Å². The van der Waals surface area contributed by atoms with E-state index < -0.39 is 0 Å². The summed E-state index contributed by atoms with van der Waals surface area (Å²) >= 11 is 1.39. The fourth-order valence-corrected chi connectivity index (χ4v) is 1.73. The molecule has 0 bridgehead atoms. The van der Waals surface area contributed by atoms with Gasteiger partial charge in [-0.25, -0.2) is 0 Å². The molecule has 0 atom stereocenters. The maximum Gasteiger partial charge on any atom is 0.211 e. The highest BCUT2D eigenvalue weighted by atomic mass is 35.5. The van der Waals surface area contributed by atoms with Crippen molar-refractivity contribution in [3.05, 3.63) is 0 Å². The van der Waals surface area contributed by atoms with E-state index in [-0.39, 0.29) is 12.4 Å². The Bertz CT molecular complexity index is 29.3. The Morgan fingerprint density at radius 1 is 1.43 bits per heavy atom. The van der Waals surface area contributed by atoms with Crippen molar-refractivity contribution in [2.75, 3.05) is 0 Å². The summed E-state index contributed by atoms with van der Waals surface area (Å²) in [6.07, 6.45) is 1.44. The first-order valence-electron chi connectivity index (χ1n) is 2.77. The Hall–Kier alpha value is 0.822. The molecule has 0 amide bonds. The summed E-state index contributed by atoms with van der Waals surface area (Å²) < 4.78 is 0. The quantitative estimate of drug-likeness (QED) is 0.505. The van der Waals surface area contributed by atoms with Crippen LogP contribution in [0.5, 0.6) is 0 Å². The summed E-state index contributed by atoms with van der Waals surface area (Å²) in [5, 5.41) is 1.47. The van der Waals surface area contributed by atoms with Crippen LogP contribution in [-0.2, 0) is 0 Å². The predicted molar refractivity (Wildman–Crippen MR) is 40.1 cm³/mol. The Morgan fingerprint density at radius 3 is 1.86 bits per heavy atom. The smallest absolute Gasteiger partial charge is 0.147 e. The molecule has 0 heterocycles. The molecule has 0 aliphatic rings. The molecule has 0 aromatic rings. The van der Waals surface area contributed by atoms with E-state index in [9.17, 15) is 0 Å². The summed E-state index contributed by atoms with van der Waals surface area (Å²) in [6.45, 7) is 4.55. The van der Waals surface area contributed by atoms with Crippen LogP contribution in [0.4, 0.5) is 0 Å². The summed E-state index contributed by atoms with van der Waals surface area (Å²) in [5.74, 6) is 0.933. The van der Waals surface area contributed by atoms with Gasteiger partial charge in [-0.05, 0) is 5.92 Å². The van der Waals surface area contributed by atoms with Gasteiger partial charge in [-0.1, -0.05) is 20.3 Å². The molecule has 7 heavy (non-hydrogen) atoms. The minimum Gasteiger partial charge on any atom is -0.147 e. The summed E-state index contributed by atoms with van der Waals surface area (Å²) in [4.78, 5) is 0. The average molecular weight is 137 g/mol. The van der Waals surface area contributed by atoms with Gasteiger partial charge in [0.1, 0.15) is 0 Å². The zero-order valence-corrected chi connectivity index (χ0v) is 8.22. The van der Waals surface area contributed by atoms with E-state index in [0.717, 1.165) is 5.92 Å². The first kappa shape index (κ1) is 10.7. The molecule has 0 aromatic heterocycles. The van der Waals surface area contributed by atoms with Crippen LogP contribution in [0.1, 0.15) is 20.3 Å². The van der Waals surface area contributed by atoms with Crippen LogP contribution in [0.2, 0.25) is 5.28 Å². The lowest BCUT2D eigenvalue weighted by molar-refractivity contribution is 0.626. The van der Waals surface area contributed by atoms with Crippen LogP contribution >= 0.6 is 12.4 Å². The van der Waals surface area contributed by atoms with Crippen LogP contribution in [0.3, 0.4) is 0 Å². The highest BCUT2D eigenvalue weighted by molar-refractivity contribution is 6.08. The van der Waals surface area contributed by atoms with Crippen LogP contribution in [-0.4, -0.2) is 16.3 Å². The maximum absolute atomic E-state index is 2.28. The van der Waals surface area contributed by atoms with Crippen LogP contribution < -0.4 is 0 Å². The fraction of sp³-hybridized carbons (Fsp3) is 1.00. The third-order valence-electron chi connectivity index (χ3n) is 0.866. The van der Waals surface area contributed by atoms with Crippen molar-refractivity contribution in [1.29, 1.82) is 0 Å². The van der Waals surface area contributed by atoms with Gasteiger partial charge in [-0.3, -0.25) is 0 Å². The van der Waals surface area contributed by atoms with Crippen molar-refractivity contribution >= 4 is 28.7 Å². The van der Waals surface area contributed by atoms with Gasteiger partial charge in [0.15, 0.2) is 0 Å². The molecule has 0 saturated heterocycles. The molecule has 0 aliphatic heterocycles. The Morgan fingerprint density at radius 2 is 1.86 bits per heavy atom. The molecular weight excluding hydrogens is 122 g/mol. The van der Waals surface area contributed by atoms with E-state index >= 15 is 0 Å². The second-order valence-corrected chi connectivity index (χ2v) is 3.18. The van der Waals surface area contributed by atoms with Gasteiger partial charge in [0, 0.05) is 0 Å². The van der Waals surface area contributed by atoms with Crippen molar-refractivity contribution in [3.63, 3.8) is 0 Å². The zero-order valence-electron chi connectivity index (χ0n) is 5.40.